The minimum absolute atomic E-state index is 0.0294. The molecule has 4 heterocycles. The highest BCUT2D eigenvalue weighted by Crippen LogP contribution is 2.49. The predicted octanol–water partition coefficient (Wildman–Crippen LogP) is 1.91. The van der Waals surface area contributed by atoms with Crippen LogP contribution in [0.5, 0.6) is 0 Å². The van der Waals surface area contributed by atoms with E-state index in [1.54, 1.807) is 12.4 Å². The summed E-state index contributed by atoms with van der Waals surface area (Å²) < 4.78 is 5.55. The number of hydrogen-bond acceptors (Lipinski definition) is 7. The Morgan fingerprint density at radius 3 is 2.62 bits per heavy atom. The van der Waals surface area contributed by atoms with E-state index in [-0.39, 0.29) is 17.2 Å². The van der Waals surface area contributed by atoms with Gasteiger partial charge in [-0.25, -0.2) is 9.97 Å². The number of likely N-dealkylation sites (tertiary alicyclic amines) is 2. The van der Waals surface area contributed by atoms with Crippen LogP contribution in [0.3, 0.4) is 0 Å². The zero-order valence-electron chi connectivity index (χ0n) is 16.2. The number of aromatic nitrogens is 4. The number of hydrogen-bond donors (Lipinski definition) is 0. The highest BCUT2D eigenvalue weighted by atomic mass is 16.5. The highest BCUT2D eigenvalue weighted by molar-refractivity contribution is 5.94. The molecular weight excluding hydrogens is 368 g/mol. The van der Waals surface area contributed by atoms with Crippen LogP contribution in [-0.2, 0) is 6.54 Å². The van der Waals surface area contributed by atoms with Crippen LogP contribution < -0.4 is 0 Å². The zero-order chi connectivity index (χ0) is 19.8. The van der Waals surface area contributed by atoms with Gasteiger partial charge in [-0.2, -0.15) is 4.98 Å². The van der Waals surface area contributed by atoms with Gasteiger partial charge in [-0.3, -0.25) is 9.69 Å². The molecule has 0 bridgehead atoms. The summed E-state index contributed by atoms with van der Waals surface area (Å²) in [6, 6.07) is 10.4. The Bertz CT molecular complexity index is 1000. The van der Waals surface area contributed by atoms with E-state index in [4.69, 9.17) is 4.52 Å². The predicted molar refractivity (Wildman–Crippen MR) is 104 cm³/mol. The molecule has 2 aliphatic rings. The molecule has 0 saturated carbocycles. The van der Waals surface area contributed by atoms with Crippen LogP contribution in [0.1, 0.15) is 33.6 Å². The molecule has 3 aromatic rings. The molecule has 0 aliphatic carbocycles. The van der Waals surface area contributed by atoms with Crippen molar-refractivity contribution in [2.45, 2.75) is 19.4 Å². The second-order valence-electron chi connectivity index (χ2n) is 8.04. The molecule has 29 heavy (non-hydrogen) atoms. The lowest BCUT2D eigenvalue weighted by molar-refractivity contribution is -0.00130. The maximum absolute atomic E-state index is 12.8. The molecule has 1 unspecified atom stereocenters. The average molecular weight is 390 g/mol. The standard InChI is InChI=1S/C21H22N6O2/c1-15-24-19(29-25-15)18-10-26(9-16-5-3-2-4-6-16)11-21(18)12-27(13-21)20(28)17-7-22-14-23-8-17/h2-8,14,18H,9-13H2,1H3. The fourth-order valence-electron chi connectivity index (χ4n) is 4.60. The SMILES string of the molecule is Cc1noc(C2CN(Cc3ccccc3)CC23CN(C(=O)c2cncnc2)C3)n1. The first-order valence-electron chi connectivity index (χ1n) is 9.74. The van der Waals surface area contributed by atoms with Crippen LogP contribution >= 0.6 is 0 Å². The summed E-state index contributed by atoms with van der Waals surface area (Å²) in [6.07, 6.45) is 4.56. The van der Waals surface area contributed by atoms with Crippen LogP contribution in [-0.4, -0.2) is 62.0 Å². The number of amides is 1. The van der Waals surface area contributed by atoms with Crippen molar-refractivity contribution in [3.63, 3.8) is 0 Å². The summed E-state index contributed by atoms with van der Waals surface area (Å²) in [5.74, 6) is 1.40. The number of nitrogens with zero attached hydrogens (tertiary/aromatic N) is 6. The van der Waals surface area contributed by atoms with Crippen LogP contribution in [0.2, 0.25) is 0 Å². The van der Waals surface area contributed by atoms with E-state index in [0.29, 0.717) is 30.4 Å². The minimum atomic E-state index is -0.0704. The van der Waals surface area contributed by atoms with E-state index in [0.717, 1.165) is 19.6 Å². The van der Waals surface area contributed by atoms with Crippen molar-refractivity contribution < 1.29 is 9.32 Å². The molecule has 5 rings (SSSR count). The molecule has 2 fully saturated rings. The van der Waals surface area contributed by atoms with Gasteiger partial charge < -0.3 is 9.42 Å². The van der Waals surface area contributed by atoms with Crippen molar-refractivity contribution in [3.05, 3.63) is 71.9 Å². The maximum Gasteiger partial charge on any atom is 0.257 e. The average Bonchev–Trinajstić information content (AvgIpc) is 3.31. The van der Waals surface area contributed by atoms with Gasteiger partial charge in [-0.1, -0.05) is 35.5 Å². The molecule has 2 saturated heterocycles. The van der Waals surface area contributed by atoms with Gasteiger partial charge in [0.2, 0.25) is 5.89 Å². The molecule has 1 aromatic carbocycles. The summed E-state index contributed by atoms with van der Waals surface area (Å²) in [5, 5.41) is 3.99. The molecule has 1 amide bonds. The second-order valence-corrected chi connectivity index (χ2v) is 8.04. The van der Waals surface area contributed by atoms with Crippen molar-refractivity contribution in [2.75, 3.05) is 26.2 Å². The Morgan fingerprint density at radius 1 is 1.17 bits per heavy atom. The van der Waals surface area contributed by atoms with Crippen LogP contribution in [0.25, 0.3) is 0 Å². The molecule has 148 valence electrons. The first-order valence-corrected chi connectivity index (χ1v) is 9.74. The largest absolute Gasteiger partial charge is 0.339 e. The van der Waals surface area contributed by atoms with Gasteiger partial charge in [0.25, 0.3) is 5.91 Å². The Hall–Kier alpha value is -3.13. The van der Waals surface area contributed by atoms with E-state index in [1.807, 2.05) is 17.9 Å². The Labute approximate surface area is 168 Å². The lowest BCUT2D eigenvalue weighted by atomic mass is 9.71. The quantitative estimate of drug-likeness (QED) is 0.672. The zero-order valence-corrected chi connectivity index (χ0v) is 16.2. The number of carbonyl (C=O) groups is 1. The van der Waals surface area contributed by atoms with E-state index >= 15 is 0 Å². The lowest BCUT2D eigenvalue weighted by Gasteiger charge is -2.50. The minimum Gasteiger partial charge on any atom is -0.339 e. The van der Waals surface area contributed by atoms with Crippen molar-refractivity contribution in [1.82, 2.24) is 29.9 Å². The van der Waals surface area contributed by atoms with Gasteiger partial charge in [0.15, 0.2) is 5.82 Å². The van der Waals surface area contributed by atoms with E-state index in [9.17, 15) is 4.79 Å². The molecule has 2 aliphatic heterocycles. The normalized spacial score (nSPS) is 20.7. The fourth-order valence-corrected chi connectivity index (χ4v) is 4.60. The lowest BCUT2D eigenvalue weighted by Crippen LogP contribution is -2.61. The Morgan fingerprint density at radius 2 is 1.93 bits per heavy atom. The van der Waals surface area contributed by atoms with Gasteiger partial charge >= 0.3 is 0 Å². The summed E-state index contributed by atoms with van der Waals surface area (Å²) in [6.45, 7) is 5.77. The van der Waals surface area contributed by atoms with Gasteiger partial charge in [0, 0.05) is 50.5 Å². The van der Waals surface area contributed by atoms with Crippen LogP contribution in [0.15, 0.2) is 53.6 Å². The second kappa shape index (κ2) is 7.04. The molecule has 1 atom stereocenters. The Kier molecular flexibility index (Phi) is 4.35. The summed E-state index contributed by atoms with van der Waals surface area (Å²) >= 11 is 0. The van der Waals surface area contributed by atoms with E-state index in [2.05, 4.69) is 49.3 Å². The fraction of sp³-hybridized carbons (Fsp3) is 0.381. The van der Waals surface area contributed by atoms with Crippen molar-refractivity contribution in [1.29, 1.82) is 0 Å². The summed E-state index contributed by atoms with van der Waals surface area (Å²) in [4.78, 5) is 29.5. The molecule has 8 nitrogen and oxygen atoms in total. The van der Waals surface area contributed by atoms with E-state index in [1.165, 1.54) is 11.9 Å². The van der Waals surface area contributed by atoms with Gasteiger partial charge in [0.05, 0.1) is 11.5 Å². The van der Waals surface area contributed by atoms with Gasteiger partial charge in [-0.05, 0) is 12.5 Å². The number of benzene rings is 1. The van der Waals surface area contributed by atoms with Crippen LogP contribution in [0, 0.1) is 12.3 Å². The molecular formula is C21H22N6O2. The molecule has 1 spiro atoms. The summed E-state index contributed by atoms with van der Waals surface area (Å²) in [5.41, 5.74) is 1.73. The van der Waals surface area contributed by atoms with E-state index < -0.39 is 0 Å². The molecule has 0 radical (unpaired) electrons. The smallest absolute Gasteiger partial charge is 0.257 e. The third kappa shape index (κ3) is 3.29. The molecule has 0 N–H and O–H groups in total. The summed E-state index contributed by atoms with van der Waals surface area (Å²) in [7, 11) is 0. The van der Waals surface area contributed by atoms with Crippen molar-refractivity contribution >= 4 is 5.91 Å². The number of rotatable bonds is 4. The van der Waals surface area contributed by atoms with Crippen molar-refractivity contribution in [2.24, 2.45) is 5.41 Å². The monoisotopic (exact) mass is 390 g/mol. The van der Waals surface area contributed by atoms with Gasteiger partial charge in [0.1, 0.15) is 6.33 Å². The third-order valence-electron chi connectivity index (χ3n) is 5.92. The van der Waals surface area contributed by atoms with Gasteiger partial charge in [-0.15, -0.1) is 0 Å². The maximum atomic E-state index is 12.8. The third-order valence-corrected chi connectivity index (χ3v) is 5.92. The Balaban J connectivity index is 1.36. The number of carbonyl (C=O) groups excluding carboxylic acids is 1. The van der Waals surface area contributed by atoms with Crippen LogP contribution in [0.4, 0.5) is 0 Å². The highest BCUT2D eigenvalue weighted by Gasteiger charge is 2.57. The molecule has 2 aromatic heterocycles. The topological polar surface area (TPSA) is 88.3 Å². The first kappa shape index (κ1) is 17.9. The molecule has 8 heteroatoms. The number of aryl methyl sites for hydroxylation is 1. The van der Waals surface area contributed by atoms with Crippen molar-refractivity contribution in [3.8, 4) is 0 Å². The first-order chi connectivity index (χ1) is 14.1.